The van der Waals surface area contributed by atoms with E-state index >= 15 is 0 Å². The van der Waals surface area contributed by atoms with E-state index in [1.165, 1.54) is 17.3 Å². The molecule has 0 aromatic heterocycles. The van der Waals surface area contributed by atoms with Crippen LogP contribution in [0.4, 0.5) is 5.69 Å². The topological polar surface area (TPSA) is 38.8 Å². The average Bonchev–Trinajstić information content (AvgIpc) is 3.07. The van der Waals surface area contributed by atoms with E-state index in [4.69, 9.17) is 21.7 Å². The second-order valence-corrected chi connectivity index (χ2v) is 10.5. The Morgan fingerprint density at radius 2 is 1.67 bits per heavy atom. The van der Waals surface area contributed by atoms with E-state index < -0.39 is 0 Å². The number of thiocarbonyl (C=S) groups is 1. The maximum absolute atomic E-state index is 13.1. The minimum Gasteiger partial charge on any atom is -0.493 e. The van der Waals surface area contributed by atoms with Crippen LogP contribution in [0.1, 0.15) is 22.3 Å². The van der Waals surface area contributed by atoms with Gasteiger partial charge in [0.15, 0.2) is 15.8 Å². The predicted molar refractivity (Wildman–Crippen MR) is 148 cm³/mol. The zero-order valence-corrected chi connectivity index (χ0v) is 22.2. The van der Waals surface area contributed by atoms with Crippen molar-refractivity contribution in [3.8, 4) is 11.5 Å². The Labute approximate surface area is 217 Å². The van der Waals surface area contributed by atoms with Gasteiger partial charge >= 0.3 is 0 Å². The van der Waals surface area contributed by atoms with Crippen molar-refractivity contribution in [1.82, 2.24) is 0 Å². The summed E-state index contributed by atoms with van der Waals surface area (Å²) in [6.45, 7) is 4.52. The van der Waals surface area contributed by atoms with Crippen LogP contribution in [0.2, 0.25) is 0 Å². The van der Waals surface area contributed by atoms with Crippen molar-refractivity contribution >= 4 is 68.6 Å². The Morgan fingerprint density at radius 1 is 1.03 bits per heavy atom. The Hall–Kier alpha value is -2.36. The van der Waals surface area contributed by atoms with Crippen LogP contribution < -0.4 is 14.4 Å². The van der Waals surface area contributed by atoms with Gasteiger partial charge in [-0.25, -0.2) is 0 Å². The van der Waals surface area contributed by atoms with Gasteiger partial charge in [0, 0.05) is 0 Å². The van der Waals surface area contributed by atoms with Crippen molar-refractivity contribution in [2.75, 3.05) is 12.0 Å². The number of carbonyl (C=O) groups is 1. The second kappa shape index (κ2) is 10.3. The molecule has 33 heavy (non-hydrogen) atoms. The monoisotopic (exact) mass is 587 g/mol. The van der Waals surface area contributed by atoms with Crippen molar-refractivity contribution in [3.63, 3.8) is 0 Å². The van der Waals surface area contributed by atoms with Gasteiger partial charge in [0.05, 0.1) is 21.3 Å². The first-order chi connectivity index (χ1) is 15.9. The van der Waals surface area contributed by atoms with Gasteiger partial charge < -0.3 is 9.47 Å². The molecule has 1 aliphatic rings. The van der Waals surface area contributed by atoms with Gasteiger partial charge in [0.1, 0.15) is 6.61 Å². The third-order valence-electron chi connectivity index (χ3n) is 5.14. The number of methoxy groups -OCH3 is 1. The molecule has 0 aliphatic carbocycles. The maximum atomic E-state index is 13.1. The normalized spacial score (nSPS) is 14.8. The number of ether oxygens (including phenoxy) is 2. The summed E-state index contributed by atoms with van der Waals surface area (Å²) >= 11 is 9.03. The van der Waals surface area contributed by atoms with E-state index in [2.05, 4.69) is 53.8 Å². The number of nitrogens with zero attached hydrogens (tertiary/aromatic N) is 1. The smallest absolute Gasteiger partial charge is 0.270 e. The van der Waals surface area contributed by atoms with Crippen molar-refractivity contribution in [2.24, 2.45) is 0 Å². The predicted octanol–water partition coefficient (Wildman–Crippen LogP) is 6.90. The molecule has 0 unspecified atom stereocenters. The van der Waals surface area contributed by atoms with Gasteiger partial charge in [-0.15, -0.1) is 0 Å². The molecule has 0 atom stereocenters. The molecule has 0 spiro atoms. The highest BCUT2D eigenvalue weighted by molar-refractivity contribution is 14.1. The van der Waals surface area contributed by atoms with Crippen LogP contribution in [-0.2, 0) is 11.4 Å². The summed E-state index contributed by atoms with van der Waals surface area (Å²) in [6, 6.07) is 19.9. The third kappa shape index (κ3) is 5.42. The lowest BCUT2D eigenvalue weighted by Crippen LogP contribution is -2.27. The van der Waals surface area contributed by atoms with E-state index in [0.29, 0.717) is 27.3 Å². The largest absolute Gasteiger partial charge is 0.493 e. The molecule has 1 fully saturated rings. The van der Waals surface area contributed by atoms with Gasteiger partial charge in [0.2, 0.25) is 0 Å². The first kappa shape index (κ1) is 23.8. The Bertz CT molecular complexity index is 1240. The molecule has 4 rings (SSSR count). The zero-order valence-electron chi connectivity index (χ0n) is 18.4. The summed E-state index contributed by atoms with van der Waals surface area (Å²) < 4.78 is 13.1. The van der Waals surface area contributed by atoms with Crippen molar-refractivity contribution in [1.29, 1.82) is 0 Å². The number of thioether (sulfide) groups is 1. The summed E-state index contributed by atoms with van der Waals surface area (Å²) in [5.74, 6) is 1.18. The number of benzene rings is 3. The number of amides is 1. The van der Waals surface area contributed by atoms with E-state index in [-0.39, 0.29) is 5.91 Å². The van der Waals surface area contributed by atoms with Gasteiger partial charge in [0.25, 0.3) is 5.91 Å². The number of rotatable bonds is 6. The second-order valence-electron chi connectivity index (χ2n) is 7.66. The fraction of sp³-hybridized carbons (Fsp3) is 0.154. The highest BCUT2D eigenvalue weighted by atomic mass is 127. The van der Waals surface area contributed by atoms with Crippen LogP contribution in [0, 0.1) is 17.4 Å². The van der Waals surface area contributed by atoms with Crippen molar-refractivity contribution in [2.45, 2.75) is 20.5 Å². The Morgan fingerprint density at radius 3 is 2.30 bits per heavy atom. The molecule has 1 amide bonds. The van der Waals surface area contributed by atoms with E-state index in [9.17, 15) is 4.79 Å². The molecule has 1 aliphatic heterocycles. The Kier molecular flexibility index (Phi) is 7.41. The molecule has 7 heteroatoms. The van der Waals surface area contributed by atoms with E-state index in [1.807, 2.05) is 49.4 Å². The molecule has 3 aromatic rings. The summed E-state index contributed by atoms with van der Waals surface area (Å²) in [5, 5.41) is 0. The number of carbonyl (C=O) groups excluding carboxylic acids is 1. The van der Waals surface area contributed by atoms with Gasteiger partial charge in [-0.1, -0.05) is 71.5 Å². The molecule has 0 bridgehead atoms. The molecule has 4 nitrogen and oxygen atoms in total. The molecule has 0 saturated carbocycles. The number of hydrogen-bond donors (Lipinski definition) is 0. The summed E-state index contributed by atoms with van der Waals surface area (Å²) in [5.41, 5.74) is 5.05. The number of anilines is 1. The SMILES string of the molecule is COc1cc(/C=C2/SC(=S)N(c3ccc(C)cc3)C2=O)cc(I)c1OCc1ccc(C)cc1. The quantitative estimate of drug-likeness (QED) is 0.178. The van der Waals surface area contributed by atoms with Gasteiger partial charge in [-0.3, -0.25) is 9.69 Å². The molecule has 168 valence electrons. The van der Waals surface area contributed by atoms with Crippen molar-refractivity contribution in [3.05, 3.63) is 91.4 Å². The van der Waals surface area contributed by atoms with Crippen molar-refractivity contribution < 1.29 is 14.3 Å². The minimum atomic E-state index is -0.123. The van der Waals surface area contributed by atoms with Gasteiger partial charge in [-0.05, 0) is 77.9 Å². The van der Waals surface area contributed by atoms with E-state index in [0.717, 1.165) is 25.9 Å². The lowest BCUT2D eigenvalue weighted by molar-refractivity contribution is -0.113. The molecule has 0 radical (unpaired) electrons. The summed E-state index contributed by atoms with van der Waals surface area (Å²) in [7, 11) is 1.62. The number of halogens is 1. The van der Waals surface area contributed by atoms with Crippen LogP contribution in [0.15, 0.2) is 65.6 Å². The summed E-state index contributed by atoms with van der Waals surface area (Å²) in [6.07, 6.45) is 1.85. The maximum Gasteiger partial charge on any atom is 0.270 e. The molecule has 0 N–H and O–H groups in total. The van der Waals surface area contributed by atoms with Crippen LogP contribution in [-0.4, -0.2) is 17.3 Å². The van der Waals surface area contributed by atoms with Crippen LogP contribution in [0.3, 0.4) is 0 Å². The number of hydrogen-bond acceptors (Lipinski definition) is 5. The average molecular weight is 588 g/mol. The molecule has 3 aromatic carbocycles. The highest BCUT2D eigenvalue weighted by Gasteiger charge is 2.33. The fourth-order valence-corrected chi connectivity index (χ4v) is 5.42. The number of aryl methyl sites for hydroxylation is 2. The first-order valence-electron chi connectivity index (χ1n) is 10.3. The Balaban J connectivity index is 1.57. The molecular weight excluding hydrogens is 565 g/mol. The van der Waals surface area contributed by atoms with Gasteiger partial charge in [-0.2, -0.15) is 0 Å². The first-order valence-corrected chi connectivity index (χ1v) is 12.6. The fourth-order valence-electron chi connectivity index (χ4n) is 3.34. The zero-order chi connectivity index (χ0) is 23.5. The lowest BCUT2D eigenvalue weighted by atomic mass is 10.1. The van der Waals surface area contributed by atoms with Crippen LogP contribution in [0.5, 0.6) is 11.5 Å². The highest BCUT2D eigenvalue weighted by Crippen LogP contribution is 2.39. The standard InChI is InChI=1S/C26H22INO3S2/c1-16-4-8-18(9-5-16)15-31-24-21(27)12-19(13-22(24)30-3)14-23-25(29)28(26(32)33-23)20-10-6-17(2)7-11-20/h4-14H,15H2,1-3H3/b23-14+. The van der Waals surface area contributed by atoms with Crippen LogP contribution >= 0.6 is 46.6 Å². The summed E-state index contributed by atoms with van der Waals surface area (Å²) in [4.78, 5) is 15.2. The minimum absolute atomic E-state index is 0.123. The van der Waals surface area contributed by atoms with Crippen LogP contribution in [0.25, 0.3) is 6.08 Å². The molecule has 1 saturated heterocycles. The molecular formula is C26H22INO3S2. The molecule has 1 heterocycles. The van der Waals surface area contributed by atoms with E-state index in [1.54, 1.807) is 12.0 Å². The lowest BCUT2D eigenvalue weighted by Gasteiger charge is -2.15. The third-order valence-corrected chi connectivity index (χ3v) is 7.24.